The fourth-order valence-electron chi connectivity index (χ4n) is 1.03. The van der Waals surface area contributed by atoms with Crippen LogP contribution < -0.4 is 0 Å². The minimum Gasteiger partial charge on any atom is -0.460 e. The van der Waals surface area contributed by atoms with E-state index in [1.54, 1.807) is 31.5 Å². The summed E-state index contributed by atoms with van der Waals surface area (Å²) in [5.41, 5.74) is 0.619. The summed E-state index contributed by atoms with van der Waals surface area (Å²) in [5.74, 6) is -0.506. The Bertz CT molecular complexity index is 343. The summed E-state index contributed by atoms with van der Waals surface area (Å²) in [6, 6.07) is 2.41. The van der Waals surface area contributed by atoms with Crippen LogP contribution in [0.3, 0.4) is 0 Å². The average Bonchev–Trinajstić information content (AvgIpc) is 2.21. The van der Waals surface area contributed by atoms with E-state index in [-0.39, 0.29) is 6.61 Å². The maximum Gasteiger partial charge on any atom is 0.395 e. The number of nitrogens with zero attached hydrogens (tertiary/aromatic N) is 2. The molecule has 0 spiro atoms. The summed E-state index contributed by atoms with van der Waals surface area (Å²) in [6.45, 7) is 8.91. The smallest absolute Gasteiger partial charge is 0.395 e. The van der Waals surface area contributed by atoms with Crippen molar-refractivity contribution in [3.8, 4) is 0 Å². The predicted molar refractivity (Wildman–Crippen MR) is 50.2 cm³/mol. The molecule has 0 aliphatic carbocycles. The van der Waals surface area contributed by atoms with Gasteiger partial charge >= 0.3 is 12.0 Å². The molecule has 1 rings (SSSR count). The molecule has 1 unspecified atom stereocenters. The Morgan fingerprint density at radius 1 is 1.64 bits per heavy atom. The average molecular weight is 190 g/mol. The molecular formula is C10H10N2O2. The molecule has 1 aromatic rings. The van der Waals surface area contributed by atoms with Crippen LogP contribution in [0.15, 0.2) is 24.5 Å². The van der Waals surface area contributed by atoms with Crippen LogP contribution in [0, 0.1) is 6.57 Å². The van der Waals surface area contributed by atoms with Gasteiger partial charge in [0, 0.05) is 18.0 Å². The van der Waals surface area contributed by atoms with Crippen molar-refractivity contribution in [3.63, 3.8) is 0 Å². The Hall–Kier alpha value is -1.89. The molecule has 0 aliphatic rings. The summed E-state index contributed by atoms with van der Waals surface area (Å²) in [6.07, 6.45) is 3.10. The molecule has 14 heavy (non-hydrogen) atoms. The van der Waals surface area contributed by atoms with Crippen molar-refractivity contribution in [1.29, 1.82) is 0 Å². The van der Waals surface area contributed by atoms with Gasteiger partial charge in [-0.05, 0) is 19.1 Å². The van der Waals surface area contributed by atoms with E-state index in [9.17, 15) is 4.79 Å². The lowest BCUT2D eigenvalue weighted by atomic mass is 10.1. The molecule has 0 fully saturated rings. The third-order valence-electron chi connectivity index (χ3n) is 1.66. The van der Waals surface area contributed by atoms with Gasteiger partial charge in [-0.3, -0.25) is 9.83 Å². The monoisotopic (exact) mass is 190 g/mol. The SMILES string of the molecule is [C-]#[N+]C(C(=O)OCC)c1ccncc1. The zero-order valence-corrected chi connectivity index (χ0v) is 7.80. The first-order valence-electron chi connectivity index (χ1n) is 4.22. The summed E-state index contributed by atoms with van der Waals surface area (Å²) in [4.78, 5) is 18.4. The summed E-state index contributed by atoms with van der Waals surface area (Å²) < 4.78 is 4.78. The Labute approximate surface area is 82.4 Å². The number of carbonyl (C=O) groups excluding carboxylic acids is 1. The molecule has 0 radical (unpaired) electrons. The minimum absolute atomic E-state index is 0.288. The molecule has 0 saturated heterocycles. The second kappa shape index (κ2) is 4.97. The second-order valence-electron chi connectivity index (χ2n) is 2.56. The van der Waals surface area contributed by atoms with Crippen molar-refractivity contribution in [3.05, 3.63) is 41.5 Å². The van der Waals surface area contributed by atoms with Gasteiger partial charge in [0.2, 0.25) is 0 Å². The number of aromatic nitrogens is 1. The van der Waals surface area contributed by atoms with Gasteiger partial charge in [-0.25, -0.2) is 11.4 Å². The Balaban J connectivity index is 2.84. The molecule has 0 bridgehead atoms. The van der Waals surface area contributed by atoms with Crippen molar-refractivity contribution in [2.45, 2.75) is 13.0 Å². The first-order valence-corrected chi connectivity index (χ1v) is 4.22. The van der Waals surface area contributed by atoms with Crippen LogP contribution in [0.25, 0.3) is 4.85 Å². The van der Waals surface area contributed by atoms with E-state index >= 15 is 0 Å². The van der Waals surface area contributed by atoms with Crippen molar-refractivity contribution >= 4 is 5.97 Å². The number of carbonyl (C=O) groups is 1. The fraction of sp³-hybridized carbons (Fsp3) is 0.300. The van der Waals surface area contributed by atoms with Crippen LogP contribution in [0.2, 0.25) is 0 Å². The van der Waals surface area contributed by atoms with Gasteiger partial charge in [0.1, 0.15) is 0 Å². The highest BCUT2D eigenvalue weighted by molar-refractivity contribution is 5.79. The molecule has 4 nitrogen and oxygen atoms in total. The highest BCUT2D eigenvalue weighted by atomic mass is 16.5. The third kappa shape index (κ3) is 2.30. The molecule has 0 saturated carbocycles. The first-order chi connectivity index (χ1) is 6.79. The van der Waals surface area contributed by atoms with Crippen LogP contribution in [-0.2, 0) is 9.53 Å². The first kappa shape index (κ1) is 10.2. The standard InChI is InChI=1S/C10H10N2O2/c1-3-14-10(13)9(11-2)8-4-6-12-7-5-8/h4-7,9H,3H2,1H3. The number of pyridine rings is 1. The van der Waals surface area contributed by atoms with Gasteiger partial charge < -0.3 is 4.74 Å². The van der Waals surface area contributed by atoms with Crippen LogP contribution in [0.1, 0.15) is 18.5 Å². The molecule has 0 aliphatic heterocycles. The number of esters is 1. The molecule has 1 atom stereocenters. The summed E-state index contributed by atoms with van der Waals surface area (Å²) >= 11 is 0. The summed E-state index contributed by atoms with van der Waals surface area (Å²) in [5, 5.41) is 0. The fourth-order valence-corrected chi connectivity index (χ4v) is 1.03. The van der Waals surface area contributed by atoms with E-state index in [0.717, 1.165) is 0 Å². The van der Waals surface area contributed by atoms with Crippen LogP contribution in [0.4, 0.5) is 0 Å². The van der Waals surface area contributed by atoms with Crippen molar-refractivity contribution in [2.75, 3.05) is 6.61 Å². The molecule has 72 valence electrons. The topological polar surface area (TPSA) is 43.5 Å². The zero-order valence-electron chi connectivity index (χ0n) is 7.80. The van der Waals surface area contributed by atoms with E-state index in [2.05, 4.69) is 9.83 Å². The molecule has 1 aromatic heterocycles. The molecule has 4 heteroatoms. The van der Waals surface area contributed by atoms with Gasteiger partial charge in [-0.15, -0.1) is 0 Å². The van der Waals surface area contributed by atoms with E-state index in [4.69, 9.17) is 11.3 Å². The Morgan fingerprint density at radius 3 is 2.79 bits per heavy atom. The van der Waals surface area contributed by atoms with Gasteiger partial charge in [0.25, 0.3) is 0 Å². The number of hydrogen-bond donors (Lipinski definition) is 0. The largest absolute Gasteiger partial charge is 0.460 e. The maximum atomic E-state index is 11.3. The lowest BCUT2D eigenvalue weighted by Gasteiger charge is -2.04. The lowest BCUT2D eigenvalue weighted by molar-refractivity contribution is -0.143. The quantitative estimate of drug-likeness (QED) is 0.537. The second-order valence-corrected chi connectivity index (χ2v) is 2.56. The number of hydrogen-bond acceptors (Lipinski definition) is 3. The highest BCUT2D eigenvalue weighted by Gasteiger charge is 2.26. The molecule has 0 amide bonds. The van der Waals surface area contributed by atoms with Crippen molar-refractivity contribution < 1.29 is 9.53 Å². The van der Waals surface area contributed by atoms with E-state index in [0.29, 0.717) is 5.56 Å². The van der Waals surface area contributed by atoms with E-state index in [1.807, 2.05) is 0 Å². The summed E-state index contributed by atoms with van der Waals surface area (Å²) in [7, 11) is 0. The third-order valence-corrected chi connectivity index (χ3v) is 1.66. The van der Waals surface area contributed by atoms with Crippen LogP contribution >= 0.6 is 0 Å². The van der Waals surface area contributed by atoms with E-state index in [1.165, 1.54) is 0 Å². The lowest BCUT2D eigenvalue weighted by Crippen LogP contribution is -2.12. The zero-order chi connectivity index (χ0) is 10.4. The van der Waals surface area contributed by atoms with Gasteiger partial charge in [-0.1, -0.05) is 0 Å². The van der Waals surface area contributed by atoms with Crippen molar-refractivity contribution in [2.24, 2.45) is 0 Å². The van der Waals surface area contributed by atoms with Crippen molar-refractivity contribution in [1.82, 2.24) is 4.98 Å². The number of ether oxygens (including phenoxy) is 1. The number of rotatable bonds is 3. The predicted octanol–water partition coefficient (Wildman–Crippen LogP) is 1.61. The molecule has 0 N–H and O–H groups in total. The van der Waals surface area contributed by atoms with Crippen LogP contribution in [0.5, 0.6) is 0 Å². The van der Waals surface area contributed by atoms with Gasteiger partial charge in [0.15, 0.2) is 0 Å². The normalized spacial score (nSPS) is 11.4. The Morgan fingerprint density at radius 2 is 2.29 bits per heavy atom. The van der Waals surface area contributed by atoms with Gasteiger partial charge in [0.05, 0.1) is 6.61 Å². The maximum absolute atomic E-state index is 11.3. The molecular weight excluding hydrogens is 180 g/mol. The highest BCUT2D eigenvalue weighted by Crippen LogP contribution is 2.17. The molecule has 1 heterocycles. The minimum atomic E-state index is -0.863. The van der Waals surface area contributed by atoms with Crippen LogP contribution in [-0.4, -0.2) is 17.6 Å². The Kier molecular flexibility index (Phi) is 3.62. The van der Waals surface area contributed by atoms with E-state index < -0.39 is 12.0 Å². The van der Waals surface area contributed by atoms with Gasteiger partial charge in [-0.2, -0.15) is 0 Å². The molecule has 0 aromatic carbocycles.